The van der Waals surface area contributed by atoms with Gasteiger partial charge in [0.15, 0.2) is 0 Å². The number of pyridine rings is 1. The molecule has 6 nitrogen and oxygen atoms in total. The van der Waals surface area contributed by atoms with E-state index in [0.717, 1.165) is 18.5 Å². The van der Waals surface area contributed by atoms with Crippen LogP contribution in [0.2, 0.25) is 0 Å². The van der Waals surface area contributed by atoms with Gasteiger partial charge < -0.3 is 10.2 Å². The van der Waals surface area contributed by atoms with E-state index < -0.39 is 0 Å². The molecule has 0 aliphatic heterocycles. The molecule has 0 saturated heterocycles. The second-order valence-electron chi connectivity index (χ2n) is 5.93. The Hall–Kier alpha value is -2.63. The van der Waals surface area contributed by atoms with Gasteiger partial charge in [0.25, 0.3) is 0 Å². The topological polar surface area (TPSA) is 71.3 Å². The molecule has 1 aromatic heterocycles. The fraction of sp³-hybridized carbons (Fsp3) is 0.389. The van der Waals surface area contributed by atoms with Crippen LogP contribution < -0.4 is 10.2 Å². The summed E-state index contributed by atoms with van der Waals surface area (Å²) in [4.78, 5) is 17.6. The fourth-order valence-corrected chi connectivity index (χ4v) is 2.43. The minimum Gasteiger partial charge on any atom is -0.370 e. The molecule has 0 spiro atoms. The number of aromatic nitrogens is 1. The summed E-state index contributed by atoms with van der Waals surface area (Å²) in [5.41, 5.74) is 1.12. The molecule has 0 fully saturated rings. The van der Waals surface area contributed by atoms with Crippen LogP contribution in [0.15, 0.2) is 42.5 Å². The number of nitrogens with one attached hydrogen (secondary N) is 1. The second kappa shape index (κ2) is 8.29. The van der Waals surface area contributed by atoms with Gasteiger partial charge in [0.2, 0.25) is 5.82 Å². The van der Waals surface area contributed by atoms with Crippen molar-refractivity contribution in [1.29, 1.82) is 0 Å². The molecule has 1 aromatic carbocycles. The summed E-state index contributed by atoms with van der Waals surface area (Å²) in [6.45, 7) is 7.45. The van der Waals surface area contributed by atoms with Crippen molar-refractivity contribution < 1.29 is 4.92 Å². The first kappa shape index (κ1) is 17.7. The molecule has 0 aliphatic rings. The lowest BCUT2D eigenvalue weighted by atomic mass is 10.2. The third-order valence-electron chi connectivity index (χ3n) is 3.70. The molecule has 128 valence electrons. The van der Waals surface area contributed by atoms with Gasteiger partial charge in [-0.05, 0) is 31.9 Å². The zero-order chi connectivity index (χ0) is 17.5. The molecule has 1 heterocycles. The number of rotatable bonds is 8. The molecule has 0 atom stereocenters. The third-order valence-corrected chi connectivity index (χ3v) is 3.70. The van der Waals surface area contributed by atoms with Crippen molar-refractivity contribution in [3.63, 3.8) is 0 Å². The summed E-state index contributed by atoms with van der Waals surface area (Å²) in [7, 11) is 0. The van der Waals surface area contributed by atoms with Crippen molar-refractivity contribution in [3.8, 4) is 0 Å². The monoisotopic (exact) mass is 328 g/mol. The molecule has 24 heavy (non-hydrogen) atoms. The molecule has 0 radical (unpaired) electrons. The van der Waals surface area contributed by atoms with Crippen LogP contribution in [0.5, 0.6) is 0 Å². The highest BCUT2D eigenvalue weighted by Gasteiger charge is 2.24. The highest BCUT2D eigenvalue weighted by Crippen LogP contribution is 2.30. The van der Waals surface area contributed by atoms with Crippen molar-refractivity contribution in [3.05, 3.63) is 58.1 Å². The maximum absolute atomic E-state index is 11.4. The van der Waals surface area contributed by atoms with Crippen LogP contribution in [0, 0.1) is 10.1 Å². The third kappa shape index (κ3) is 4.44. The Morgan fingerprint density at radius 2 is 1.92 bits per heavy atom. The number of nitro groups is 1. The Labute approximate surface area is 142 Å². The van der Waals surface area contributed by atoms with E-state index in [9.17, 15) is 10.1 Å². The first-order chi connectivity index (χ1) is 11.5. The maximum Gasteiger partial charge on any atom is 0.311 e. The zero-order valence-electron chi connectivity index (χ0n) is 14.4. The maximum atomic E-state index is 11.4. The Morgan fingerprint density at radius 3 is 2.50 bits per heavy atom. The van der Waals surface area contributed by atoms with Crippen LogP contribution in [-0.4, -0.2) is 22.5 Å². The van der Waals surface area contributed by atoms with Gasteiger partial charge in [0.05, 0.1) is 4.92 Å². The van der Waals surface area contributed by atoms with Crippen LogP contribution in [0.1, 0.15) is 32.8 Å². The van der Waals surface area contributed by atoms with Crippen LogP contribution in [-0.2, 0) is 6.54 Å². The molecule has 0 amide bonds. The van der Waals surface area contributed by atoms with E-state index in [4.69, 9.17) is 0 Å². The molecular weight excluding hydrogens is 304 g/mol. The van der Waals surface area contributed by atoms with E-state index in [2.05, 4.69) is 17.2 Å². The molecule has 2 rings (SSSR count). The standard InChI is InChI=1S/C18H24N4O2/c1-4-12-19-17-11-10-16(22(23)24)18(20-17)21(14(2)3)13-15-8-6-5-7-9-15/h5-11,14H,4,12-13H2,1-3H3,(H,19,20). The quantitative estimate of drug-likeness (QED) is 0.580. The lowest BCUT2D eigenvalue weighted by Crippen LogP contribution is -2.31. The predicted octanol–water partition coefficient (Wildman–Crippen LogP) is 4.23. The summed E-state index contributed by atoms with van der Waals surface area (Å²) < 4.78 is 0. The summed E-state index contributed by atoms with van der Waals surface area (Å²) in [5, 5.41) is 14.6. The van der Waals surface area contributed by atoms with Gasteiger partial charge in [-0.15, -0.1) is 0 Å². The molecule has 0 unspecified atom stereocenters. The number of anilines is 2. The van der Waals surface area contributed by atoms with E-state index in [1.54, 1.807) is 6.07 Å². The largest absolute Gasteiger partial charge is 0.370 e. The van der Waals surface area contributed by atoms with Crippen LogP contribution in [0.3, 0.4) is 0 Å². The zero-order valence-corrected chi connectivity index (χ0v) is 14.4. The second-order valence-corrected chi connectivity index (χ2v) is 5.93. The van der Waals surface area contributed by atoms with Crippen LogP contribution in [0.25, 0.3) is 0 Å². The van der Waals surface area contributed by atoms with E-state index in [1.165, 1.54) is 6.07 Å². The molecule has 6 heteroatoms. The summed E-state index contributed by atoms with van der Waals surface area (Å²) in [6.07, 6.45) is 0.964. The van der Waals surface area contributed by atoms with E-state index in [0.29, 0.717) is 18.2 Å². The van der Waals surface area contributed by atoms with Crippen LogP contribution >= 0.6 is 0 Å². The number of hydrogen-bond donors (Lipinski definition) is 1. The Bertz CT molecular complexity index is 674. The Morgan fingerprint density at radius 1 is 1.21 bits per heavy atom. The highest BCUT2D eigenvalue weighted by molar-refractivity contribution is 5.62. The normalized spacial score (nSPS) is 10.7. The average molecular weight is 328 g/mol. The molecule has 1 N–H and O–H groups in total. The van der Waals surface area contributed by atoms with Crippen molar-refractivity contribution >= 4 is 17.3 Å². The van der Waals surface area contributed by atoms with E-state index in [-0.39, 0.29) is 16.7 Å². The van der Waals surface area contributed by atoms with E-state index in [1.807, 2.05) is 49.1 Å². The SMILES string of the molecule is CCCNc1ccc([N+](=O)[O-])c(N(Cc2ccccc2)C(C)C)n1. The molecule has 0 bridgehead atoms. The van der Waals surface area contributed by atoms with Crippen LogP contribution in [0.4, 0.5) is 17.3 Å². The van der Waals surface area contributed by atoms with Crippen molar-refractivity contribution in [2.24, 2.45) is 0 Å². The number of nitrogens with zero attached hydrogens (tertiary/aromatic N) is 3. The average Bonchev–Trinajstić information content (AvgIpc) is 2.58. The highest BCUT2D eigenvalue weighted by atomic mass is 16.6. The van der Waals surface area contributed by atoms with Gasteiger partial charge in [-0.25, -0.2) is 4.98 Å². The van der Waals surface area contributed by atoms with Gasteiger partial charge in [-0.2, -0.15) is 0 Å². The lowest BCUT2D eigenvalue weighted by molar-refractivity contribution is -0.384. The molecule has 0 saturated carbocycles. The smallest absolute Gasteiger partial charge is 0.311 e. The van der Waals surface area contributed by atoms with Gasteiger partial charge in [0, 0.05) is 25.2 Å². The first-order valence-electron chi connectivity index (χ1n) is 8.22. The predicted molar refractivity (Wildman–Crippen MR) is 97.4 cm³/mol. The minimum absolute atomic E-state index is 0.0293. The van der Waals surface area contributed by atoms with Gasteiger partial charge in [-0.3, -0.25) is 10.1 Å². The lowest BCUT2D eigenvalue weighted by Gasteiger charge is -2.28. The Balaban J connectivity index is 2.40. The van der Waals surface area contributed by atoms with Gasteiger partial charge in [-0.1, -0.05) is 37.3 Å². The molecule has 0 aliphatic carbocycles. The Kier molecular flexibility index (Phi) is 6.12. The van der Waals surface area contributed by atoms with Crippen molar-refractivity contribution in [2.75, 3.05) is 16.8 Å². The van der Waals surface area contributed by atoms with Crippen molar-refractivity contribution in [1.82, 2.24) is 4.98 Å². The summed E-state index contributed by atoms with van der Waals surface area (Å²) in [5.74, 6) is 1.07. The summed E-state index contributed by atoms with van der Waals surface area (Å²) in [6, 6.07) is 13.2. The number of benzene rings is 1. The number of hydrogen-bond acceptors (Lipinski definition) is 5. The molecular formula is C18H24N4O2. The molecule has 2 aromatic rings. The van der Waals surface area contributed by atoms with Gasteiger partial charge in [0.1, 0.15) is 5.82 Å². The van der Waals surface area contributed by atoms with Crippen molar-refractivity contribution in [2.45, 2.75) is 39.8 Å². The first-order valence-corrected chi connectivity index (χ1v) is 8.22. The summed E-state index contributed by atoms with van der Waals surface area (Å²) >= 11 is 0. The fourth-order valence-electron chi connectivity index (χ4n) is 2.43. The van der Waals surface area contributed by atoms with E-state index >= 15 is 0 Å². The van der Waals surface area contributed by atoms with Gasteiger partial charge >= 0.3 is 5.69 Å². The minimum atomic E-state index is -0.369.